The van der Waals surface area contributed by atoms with Crippen LogP contribution in [-0.4, -0.2) is 24.0 Å². The smallest absolute Gasteiger partial charge is 0.227 e. The van der Waals surface area contributed by atoms with E-state index in [0.29, 0.717) is 13.1 Å². The highest BCUT2D eigenvalue weighted by molar-refractivity contribution is 5.85. The van der Waals surface area contributed by atoms with Gasteiger partial charge in [0.1, 0.15) is 0 Å². The second-order valence-electron chi connectivity index (χ2n) is 7.15. The molecule has 0 bridgehead atoms. The average molecular weight is 364 g/mol. The fourth-order valence-corrected chi connectivity index (χ4v) is 3.81. The molecule has 0 radical (unpaired) electrons. The van der Waals surface area contributed by atoms with E-state index in [0.717, 1.165) is 18.4 Å². The van der Waals surface area contributed by atoms with Gasteiger partial charge in [0.25, 0.3) is 0 Å². The predicted octanol–water partition coefficient (Wildman–Crippen LogP) is 4.18. The molecule has 3 rings (SSSR count). The normalized spacial score (nSPS) is 12.9. The molecule has 3 aromatic rings. The van der Waals surface area contributed by atoms with Crippen LogP contribution < -0.4 is 11.1 Å². The number of nitrogens with two attached hydrogens (primary N) is 1. The zero-order valence-corrected chi connectivity index (χ0v) is 16.2. The SMILES string of the molecule is CCC(CC)(CN)C(=O)NCC(c1ccccc1)c1c[nH]c2ccccc12. The number of para-hydroxylation sites is 1. The number of nitrogens with one attached hydrogen (secondary N) is 2. The Labute approximate surface area is 161 Å². The number of aromatic amines is 1. The third-order valence-corrected chi connectivity index (χ3v) is 5.89. The molecule has 0 saturated heterocycles. The van der Waals surface area contributed by atoms with Crippen LogP contribution in [0.5, 0.6) is 0 Å². The maximum absolute atomic E-state index is 12.9. The summed E-state index contributed by atoms with van der Waals surface area (Å²) in [6.45, 7) is 4.98. The molecule has 0 saturated carbocycles. The largest absolute Gasteiger partial charge is 0.361 e. The molecule has 4 N–H and O–H groups in total. The maximum atomic E-state index is 12.9. The lowest BCUT2D eigenvalue weighted by atomic mass is 9.81. The van der Waals surface area contributed by atoms with Gasteiger partial charge in [-0.15, -0.1) is 0 Å². The summed E-state index contributed by atoms with van der Waals surface area (Å²) in [5, 5.41) is 4.39. The van der Waals surface area contributed by atoms with Crippen molar-refractivity contribution in [3.8, 4) is 0 Å². The lowest BCUT2D eigenvalue weighted by molar-refractivity contribution is -0.131. The Morgan fingerprint density at radius 3 is 2.41 bits per heavy atom. The quantitative estimate of drug-likeness (QED) is 0.562. The highest BCUT2D eigenvalue weighted by Crippen LogP contribution is 2.31. The second-order valence-corrected chi connectivity index (χ2v) is 7.15. The van der Waals surface area contributed by atoms with Crippen molar-refractivity contribution >= 4 is 16.8 Å². The van der Waals surface area contributed by atoms with E-state index in [1.165, 1.54) is 16.5 Å². The first-order valence-electron chi connectivity index (χ1n) is 9.74. The topological polar surface area (TPSA) is 70.9 Å². The van der Waals surface area contributed by atoms with E-state index in [2.05, 4.69) is 40.8 Å². The third-order valence-electron chi connectivity index (χ3n) is 5.89. The number of aromatic nitrogens is 1. The first-order valence-corrected chi connectivity index (χ1v) is 9.74. The Hall–Kier alpha value is -2.59. The summed E-state index contributed by atoms with van der Waals surface area (Å²) in [5.74, 6) is 0.131. The summed E-state index contributed by atoms with van der Waals surface area (Å²) in [4.78, 5) is 16.3. The van der Waals surface area contributed by atoms with Gasteiger partial charge in [-0.3, -0.25) is 4.79 Å². The Kier molecular flexibility index (Phi) is 5.97. The molecule has 0 fully saturated rings. The first-order chi connectivity index (χ1) is 13.1. The number of hydrogen-bond donors (Lipinski definition) is 3. The monoisotopic (exact) mass is 363 g/mol. The molecule has 0 aliphatic carbocycles. The van der Waals surface area contributed by atoms with Crippen molar-refractivity contribution in [2.45, 2.75) is 32.6 Å². The van der Waals surface area contributed by atoms with Crippen molar-refractivity contribution in [2.24, 2.45) is 11.1 Å². The standard InChI is InChI=1S/C23H29N3O/c1-3-23(4-2,16-24)22(27)26-14-19(17-10-6-5-7-11-17)20-15-25-21-13-9-8-12-18(20)21/h5-13,15,19,25H,3-4,14,16,24H2,1-2H3,(H,26,27). The van der Waals surface area contributed by atoms with Gasteiger partial charge in [-0.05, 0) is 30.0 Å². The van der Waals surface area contributed by atoms with Crippen LogP contribution >= 0.6 is 0 Å². The van der Waals surface area contributed by atoms with Gasteiger partial charge in [0.2, 0.25) is 5.91 Å². The van der Waals surface area contributed by atoms with Crippen molar-refractivity contribution < 1.29 is 4.79 Å². The molecule has 1 heterocycles. The molecule has 1 aromatic heterocycles. The summed E-state index contributed by atoms with van der Waals surface area (Å²) >= 11 is 0. The Bertz CT molecular complexity index is 873. The Morgan fingerprint density at radius 1 is 1.07 bits per heavy atom. The molecule has 1 unspecified atom stereocenters. The number of H-pyrrole nitrogens is 1. The minimum Gasteiger partial charge on any atom is -0.361 e. The molecule has 1 amide bonds. The van der Waals surface area contributed by atoms with Crippen LogP contribution in [0.3, 0.4) is 0 Å². The van der Waals surface area contributed by atoms with E-state index in [-0.39, 0.29) is 11.8 Å². The van der Waals surface area contributed by atoms with Gasteiger partial charge in [0, 0.05) is 36.1 Å². The van der Waals surface area contributed by atoms with E-state index in [9.17, 15) is 4.79 Å². The van der Waals surface area contributed by atoms with Gasteiger partial charge in [-0.2, -0.15) is 0 Å². The van der Waals surface area contributed by atoms with Crippen molar-refractivity contribution in [1.82, 2.24) is 10.3 Å². The molecule has 0 aliphatic rings. The molecule has 142 valence electrons. The van der Waals surface area contributed by atoms with Gasteiger partial charge >= 0.3 is 0 Å². The van der Waals surface area contributed by atoms with Crippen molar-refractivity contribution in [3.63, 3.8) is 0 Å². The van der Waals surface area contributed by atoms with Crippen molar-refractivity contribution in [2.75, 3.05) is 13.1 Å². The van der Waals surface area contributed by atoms with Crippen LogP contribution in [0.25, 0.3) is 10.9 Å². The van der Waals surface area contributed by atoms with Crippen LogP contribution in [0.4, 0.5) is 0 Å². The number of amides is 1. The summed E-state index contributed by atoms with van der Waals surface area (Å²) in [6, 6.07) is 18.6. The molecule has 0 spiro atoms. The van der Waals surface area contributed by atoms with E-state index in [4.69, 9.17) is 5.73 Å². The number of benzene rings is 2. The predicted molar refractivity (Wildman–Crippen MR) is 112 cm³/mol. The highest BCUT2D eigenvalue weighted by Gasteiger charge is 2.33. The minimum absolute atomic E-state index is 0.0516. The van der Waals surface area contributed by atoms with E-state index in [1.807, 2.05) is 44.2 Å². The highest BCUT2D eigenvalue weighted by atomic mass is 16.2. The summed E-state index contributed by atoms with van der Waals surface area (Å²) < 4.78 is 0. The van der Waals surface area contributed by atoms with Gasteiger partial charge in [0.15, 0.2) is 0 Å². The van der Waals surface area contributed by atoms with E-state index in [1.54, 1.807) is 0 Å². The zero-order chi connectivity index (χ0) is 19.3. The van der Waals surface area contributed by atoms with Crippen LogP contribution in [-0.2, 0) is 4.79 Å². The first kappa shape index (κ1) is 19.2. The number of fused-ring (bicyclic) bond motifs is 1. The molecule has 2 aromatic carbocycles. The maximum Gasteiger partial charge on any atom is 0.227 e. The summed E-state index contributed by atoms with van der Waals surface area (Å²) in [6.07, 6.45) is 3.55. The fourth-order valence-electron chi connectivity index (χ4n) is 3.81. The molecule has 4 heteroatoms. The van der Waals surface area contributed by atoms with Gasteiger partial charge in [-0.25, -0.2) is 0 Å². The molecular formula is C23H29N3O. The number of carbonyl (C=O) groups is 1. The molecule has 0 aliphatic heterocycles. The van der Waals surface area contributed by atoms with Gasteiger partial charge in [0.05, 0.1) is 5.41 Å². The molecular weight excluding hydrogens is 334 g/mol. The summed E-state index contributed by atoms with van der Waals surface area (Å²) in [5.41, 5.74) is 8.96. The molecule has 4 nitrogen and oxygen atoms in total. The van der Waals surface area contributed by atoms with Gasteiger partial charge < -0.3 is 16.0 Å². The van der Waals surface area contributed by atoms with Crippen molar-refractivity contribution in [1.29, 1.82) is 0 Å². The van der Waals surface area contributed by atoms with E-state index < -0.39 is 5.41 Å². The van der Waals surface area contributed by atoms with Gasteiger partial charge in [-0.1, -0.05) is 62.4 Å². The second kappa shape index (κ2) is 8.40. The lowest BCUT2D eigenvalue weighted by Gasteiger charge is -2.29. The number of carbonyl (C=O) groups excluding carboxylic acids is 1. The number of rotatable bonds is 8. The lowest BCUT2D eigenvalue weighted by Crippen LogP contribution is -2.46. The van der Waals surface area contributed by atoms with Crippen molar-refractivity contribution in [3.05, 3.63) is 71.9 Å². The molecule has 27 heavy (non-hydrogen) atoms. The van der Waals surface area contributed by atoms with E-state index >= 15 is 0 Å². The number of hydrogen-bond acceptors (Lipinski definition) is 2. The van der Waals surface area contributed by atoms with Crippen LogP contribution in [0, 0.1) is 5.41 Å². The Balaban J connectivity index is 1.92. The third kappa shape index (κ3) is 3.76. The zero-order valence-electron chi connectivity index (χ0n) is 16.2. The van der Waals surface area contributed by atoms with Crippen LogP contribution in [0.1, 0.15) is 43.7 Å². The minimum atomic E-state index is -0.485. The molecule has 1 atom stereocenters. The van der Waals surface area contributed by atoms with Crippen LogP contribution in [0.15, 0.2) is 60.8 Å². The summed E-state index contributed by atoms with van der Waals surface area (Å²) in [7, 11) is 0. The van der Waals surface area contributed by atoms with Crippen LogP contribution in [0.2, 0.25) is 0 Å². The fraction of sp³-hybridized carbons (Fsp3) is 0.348. The average Bonchev–Trinajstić information content (AvgIpc) is 3.15. The Morgan fingerprint density at radius 2 is 1.74 bits per heavy atom.